The molecule has 2 aromatic carbocycles. The maximum absolute atomic E-state index is 14.7. The fourth-order valence-electron chi connectivity index (χ4n) is 6.40. The van der Waals surface area contributed by atoms with Crippen LogP contribution in [-0.2, 0) is 13.0 Å². The first kappa shape index (κ1) is 28.9. The van der Waals surface area contributed by atoms with Crippen molar-refractivity contribution in [2.75, 3.05) is 13.1 Å². The summed E-state index contributed by atoms with van der Waals surface area (Å²) in [6.07, 6.45) is -2.88. The van der Waals surface area contributed by atoms with Gasteiger partial charge in [0.1, 0.15) is 5.82 Å². The van der Waals surface area contributed by atoms with Crippen molar-refractivity contribution >= 4 is 16.9 Å². The van der Waals surface area contributed by atoms with Crippen LogP contribution in [0.15, 0.2) is 59.5 Å². The van der Waals surface area contributed by atoms with Gasteiger partial charge in [0.2, 0.25) is 0 Å². The molecule has 2 aromatic heterocycles. The number of nitrogens with one attached hydrogen (secondary N) is 2. The van der Waals surface area contributed by atoms with Crippen LogP contribution in [0, 0.1) is 11.6 Å². The lowest BCUT2D eigenvalue weighted by Gasteiger charge is -2.33. The number of nitrogens with zero attached hydrogens (tertiary/aromatic N) is 3. The van der Waals surface area contributed by atoms with Gasteiger partial charge < -0.3 is 19.8 Å². The van der Waals surface area contributed by atoms with E-state index in [-0.39, 0.29) is 41.5 Å². The topological polar surface area (TPSA) is 83.0 Å². The lowest BCUT2D eigenvalue weighted by Crippen LogP contribution is -2.46. The van der Waals surface area contributed by atoms with Gasteiger partial charge >= 0.3 is 12.2 Å². The number of fused-ring (bicyclic) bond motifs is 2. The number of carbonyl (C=O) groups is 1. The monoisotopic (exact) mass is 599 g/mol. The van der Waals surface area contributed by atoms with E-state index in [9.17, 15) is 31.5 Å². The van der Waals surface area contributed by atoms with Gasteiger partial charge in [-0.15, -0.1) is 0 Å². The summed E-state index contributed by atoms with van der Waals surface area (Å²) in [5.41, 5.74) is 1.26. The van der Waals surface area contributed by atoms with E-state index in [4.69, 9.17) is 0 Å². The number of carbonyl (C=O) groups excluding carboxylic acids is 1. The minimum atomic E-state index is -4.50. The molecule has 1 fully saturated rings. The Kier molecular flexibility index (Phi) is 7.70. The molecule has 2 unspecified atom stereocenters. The second-order valence-electron chi connectivity index (χ2n) is 11.3. The van der Waals surface area contributed by atoms with Crippen LogP contribution in [0.1, 0.15) is 66.2 Å². The molecule has 0 saturated carbocycles. The number of likely N-dealkylation sites (tertiary alicyclic amines) is 1. The summed E-state index contributed by atoms with van der Waals surface area (Å²) in [6, 6.07) is 12.1. The molecule has 0 spiro atoms. The van der Waals surface area contributed by atoms with Crippen molar-refractivity contribution in [2.24, 2.45) is 0 Å². The molecule has 4 heterocycles. The Morgan fingerprint density at radius 2 is 1.74 bits per heavy atom. The Bertz CT molecular complexity index is 1710. The molecule has 2 aliphatic heterocycles. The standard InChI is InChI=1S/C31H30F5N5O2/c32-24-6-3-5-22(27(24)33)20-8-9-26(28-37-16-21(41(28)17-20)15-31(34,35)36)39-30(43)40-12-10-18(11-13-40)23-14-19-4-1-2-7-25(19)38-29(23)42/h1-7,14,16,18,20,26H,8-13,15,17H2,(H,38,42)(H,39,43). The van der Waals surface area contributed by atoms with E-state index < -0.39 is 42.2 Å². The lowest BCUT2D eigenvalue weighted by atomic mass is 9.89. The molecule has 2 N–H and O–H groups in total. The number of alkyl halides is 3. The number of hydrogen-bond acceptors (Lipinski definition) is 3. The zero-order chi connectivity index (χ0) is 30.3. The molecule has 12 heteroatoms. The van der Waals surface area contributed by atoms with Gasteiger partial charge in [0.25, 0.3) is 5.56 Å². The number of halogens is 5. The molecule has 0 aliphatic carbocycles. The molecule has 6 rings (SSSR count). The number of rotatable bonds is 4. The van der Waals surface area contributed by atoms with Crippen LogP contribution >= 0.6 is 0 Å². The fraction of sp³-hybridized carbons (Fsp3) is 0.387. The molecule has 226 valence electrons. The number of urea groups is 1. The summed E-state index contributed by atoms with van der Waals surface area (Å²) in [7, 11) is 0. The fourth-order valence-corrected chi connectivity index (χ4v) is 6.40. The lowest BCUT2D eigenvalue weighted by molar-refractivity contribution is -0.128. The van der Waals surface area contributed by atoms with Gasteiger partial charge in [0.05, 0.1) is 12.5 Å². The summed E-state index contributed by atoms with van der Waals surface area (Å²) in [5.74, 6) is -2.44. The summed E-state index contributed by atoms with van der Waals surface area (Å²) in [6.45, 7) is 0.750. The Morgan fingerprint density at radius 3 is 2.51 bits per heavy atom. The first-order valence-corrected chi connectivity index (χ1v) is 14.3. The maximum Gasteiger partial charge on any atom is 0.394 e. The third-order valence-corrected chi connectivity index (χ3v) is 8.59. The van der Waals surface area contributed by atoms with Crippen molar-refractivity contribution in [1.82, 2.24) is 24.8 Å². The highest BCUT2D eigenvalue weighted by Gasteiger charge is 2.35. The van der Waals surface area contributed by atoms with E-state index in [1.165, 1.54) is 16.7 Å². The van der Waals surface area contributed by atoms with E-state index in [2.05, 4.69) is 15.3 Å². The number of benzene rings is 2. The van der Waals surface area contributed by atoms with Crippen molar-refractivity contribution in [3.63, 3.8) is 0 Å². The third kappa shape index (κ3) is 6.00. The molecule has 0 bridgehead atoms. The summed E-state index contributed by atoms with van der Waals surface area (Å²) < 4.78 is 70.3. The smallest absolute Gasteiger partial charge is 0.329 e. The molecule has 43 heavy (non-hydrogen) atoms. The first-order valence-electron chi connectivity index (χ1n) is 14.3. The number of imidazole rings is 1. The number of hydrogen-bond donors (Lipinski definition) is 2. The van der Waals surface area contributed by atoms with Crippen LogP contribution in [0.5, 0.6) is 0 Å². The van der Waals surface area contributed by atoms with Crippen LogP contribution in [-0.4, -0.2) is 44.7 Å². The van der Waals surface area contributed by atoms with Crippen LogP contribution in [0.4, 0.5) is 26.7 Å². The van der Waals surface area contributed by atoms with Crippen molar-refractivity contribution in [3.8, 4) is 0 Å². The predicted octanol–water partition coefficient (Wildman–Crippen LogP) is 6.32. The van der Waals surface area contributed by atoms with Crippen LogP contribution < -0.4 is 10.9 Å². The van der Waals surface area contributed by atoms with Crippen LogP contribution in [0.25, 0.3) is 10.9 Å². The minimum absolute atomic E-state index is 0.0268. The number of pyridine rings is 1. The number of para-hydroxylation sites is 1. The molecule has 2 atom stereocenters. The number of aromatic nitrogens is 3. The van der Waals surface area contributed by atoms with Gasteiger partial charge in [0.15, 0.2) is 11.6 Å². The van der Waals surface area contributed by atoms with Gasteiger partial charge in [-0.1, -0.05) is 30.3 Å². The maximum atomic E-state index is 14.7. The summed E-state index contributed by atoms with van der Waals surface area (Å²) in [4.78, 5) is 34.9. The van der Waals surface area contributed by atoms with Crippen molar-refractivity contribution in [3.05, 3.63) is 99.4 Å². The quantitative estimate of drug-likeness (QED) is 0.270. The van der Waals surface area contributed by atoms with Gasteiger partial charge in [-0.05, 0) is 60.7 Å². The largest absolute Gasteiger partial charge is 0.394 e. The van der Waals surface area contributed by atoms with E-state index in [1.807, 2.05) is 30.3 Å². The summed E-state index contributed by atoms with van der Waals surface area (Å²) >= 11 is 0. The molecule has 1 saturated heterocycles. The molecule has 7 nitrogen and oxygen atoms in total. The highest BCUT2D eigenvalue weighted by atomic mass is 19.4. The van der Waals surface area contributed by atoms with Gasteiger partial charge in [-0.2, -0.15) is 13.2 Å². The second-order valence-corrected chi connectivity index (χ2v) is 11.3. The second kappa shape index (κ2) is 11.5. The van der Waals surface area contributed by atoms with Crippen LogP contribution in [0.2, 0.25) is 0 Å². The Hall–Kier alpha value is -4.22. The first-order chi connectivity index (χ1) is 20.6. The highest BCUT2D eigenvalue weighted by molar-refractivity contribution is 5.79. The molecular formula is C31H30F5N5O2. The normalized spacial score (nSPS) is 19.7. The molecule has 0 radical (unpaired) electrons. The third-order valence-electron chi connectivity index (χ3n) is 8.59. The number of aromatic amines is 1. The van der Waals surface area contributed by atoms with E-state index in [0.717, 1.165) is 23.2 Å². The number of H-pyrrole nitrogens is 1. The minimum Gasteiger partial charge on any atom is -0.329 e. The SMILES string of the molecule is O=C(NC1CCC(c2cccc(F)c2F)Cn2c(CC(F)(F)F)cnc21)N1CCC(c2cc3ccccc3[nH]c2=O)CC1. The summed E-state index contributed by atoms with van der Waals surface area (Å²) in [5, 5.41) is 3.87. The van der Waals surface area contributed by atoms with Crippen LogP contribution in [0.3, 0.4) is 0 Å². The van der Waals surface area contributed by atoms with Crippen molar-refractivity contribution < 1.29 is 26.7 Å². The Balaban J connectivity index is 1.19. The number of amides is 2. The Morgan fingerprint density at radius 1 is 0.977 bits per heavy atom. The van der Waals surface area contributed by atoms with E-state index >= 15 is 0 Å². The van der Waals surface area contributed by atoms with E-state index in [1.54, 1.807) is 4.90 Å². The van der Waals surface area contributed by atoms with Gasteiger partial charge in [0, 0.05) is 48.5 Å². The molecule has 2 aliphatic rings. The zero-order valence-corrected chi connectivity index (χ0v) is 23.1. The number of piperidine rings is 1. The highest BCUT2D eigenvalue weighted by Crippen LogP contribution is 2.36. The Labute approximate surface area is 243 Å². The van der Waals surface area contributed by atoms with Crippen molar-refractivity contribution in [2.45, 2.75) is 62.7 Å². The molecule has 2 amide bonds. The predicted molar refractivity (Wildman–Crippen MR) is 150 cm³/mol. The van der Waals surface area contributed by atoms with E-state index in [0.29, 0.717) is 37.9 Å². The van der Waals surface area contributed by atoms with Gasteiger partial charge in [-0.3, -0.25) is 4.79 Å². The average molecular weight is 600 g/mol. The van der Waals surface area contributed by atoms with Crippen molar-refractivity contribution in [1.29, 1.82) is 0 Å². The molecular weight excluding hydrogens is 569 g/mol. The van der Waals surface area contributed by atoms with Gasteiger partial charge in [-0.25, -0.2) is 18.6 Å². The zero-order valence-electron chi connectivity index (χ0n) is 23.1. The molecule has 4 aromatic rings. The average Bonchev–Trinajstić information content (AvgIpc) is 3.26.